The molecule has 0 aliphatic carbocycles. The first-order valence-corrected chi connectivity index (χ1v) is 18.9. The number of phosphoric acid groups is 1. The highest BCUT2D eigenvalue weighted by molar-refractivity contribution is 7.47. The summed E-state index contributed by atoms with van der Waals surface area (Å²) in [5.74, 6) is -0.179. The zero-order chi connectivity index (χ0) is 31.9. The van der Waals surface area contributed by atoms with Crippen molar-refractivity contribution >= 4 is 13.7 Å². The van der Waals surface area contributed by atoms with Crippen LogP contribution in [0, 0.1) is 0 Å². The van der Waals surface area contributed by atoms with E-state index in [1.165, 1.54) is 57.8 Å². The van der Waals surface area contributed by atoms with Crippen LogP contribution in [0.3, 0.4) is 0 Å². The molecule has 0 saturated carbocycles. The normalized spacial score (nSPS) is 14.8. The van der Waals surface area contributed by atoms with Crippen LogP contribution in [0.25, 0.3) is 0 Å². The molecule has 254 valence electrons. The molecule has 0 aromatic carbocycles. The molecule has 5 N–H and O–H groups in total. The first-order valence-electron chi connectivity index (χ1n) is 17.5. The fourth-order valence-corrected chi connectivity index (χ4v) is 5.64. The summed E-state index contributed by atoms with van der Waals surface area (Å²) >= 11 is 0. The lowest BCUT2D eigenvalue weighted by Gasteiger charge is -2.25. The largest absolute Gasteiger partial charge is 0.472 e. The third-order valence-corrected chi connectivity index (χ3v) is 8.52. The average molecular weight is 631 g/mol. The van der Waals surface area contributed by atoms with Crippen LogP contribution in [-0.2, 0) is 18.4 Å². The fourth-order valence-electron chi connectivity index (χ4n) is 4.88. The van der Waals surface area contributed by atoms with E-state index in [9.17, 15) is 19.4 Å². The van der Waals surface area contributed by atoms with E-state index in [-0.39, 0.29) is 25.7 Å². The van der Waals surface area contributed by atoms with E-state index in [4.69, 9.17) is 14.8 Å². The molecule has 0 heterocycles. The molecule has 0 spiro atoms. The van der Waals surface area contributed by atoms with Crippen molar-refractivity contribution < 1.29 is 28.4 Å². The molecule has 3 unspecified atom stereocenters. The second-order valence-corrected chi connectivity index (χ2v) is 13.2. The SMILES string of the molecule is CCC/C=C\C/C=C\CCCCCCCC(=O)NC(COP(=O)(O)OCCN)C(O)CCCCCCCCCCCCC. The van der Waals surface area contributed by atoms with Gasteiger partial charge in [0.25, 0.3) is 0 Å². The number of carbonyl (C=O) groups excluding carboxylic acids is 1. The number of rotatable bonds is 32. The number of amides is 1. The van der Waals surface area contributed by atoms with Crippen molar-refractivity contribution in [2.75, 3.05) is 19.8 Å². The molecule has 1 amide bonds. The Labute approximate surface area is 264 Å². The molecule has 0 aliphatic heterocycles. The first-order chi connectivity index (χ1) is 20.9. The van der Waals surface area contributed by atoms with Gasteiger partial charge in [-0.15, -0.1) is 0 Å². The van der Waals surface area contributed by atoms with E-state index in [2.05, 4.69) is 43.5 Å². The van der Waals surface area contributed by atoms with Crippen LogP contribution >= 0.6 is 7.82 Å². The van der Waals surface area contributed by atoms with Gasteiger partial charge in [0.1, 0.15) is 0 Å². The molecular formula is C34H67N2O6P. The number of hydrogen-bond acceptors (Lipinski definition) is 6. The van der Waals surface area contributed by atoms with E-state index in [0.717, 1.165) is 70.6 Å². The Morgan fingerprint density at radius 1 is 0.767 bits per heavy atom. The van der Waals surface area contributed by atoms with Crippen molar-refractivity contribution in [2.45, 2.75) is 167 Å². The van der Waals surface area contributed by atoms with Crippen LogP contribution < -0.4 is 11.1 Å². The number of hydrogen-bond donors (Lipinski definition) is 4. The number of nitrogens with one attached hydrogen (secondary N) is 1. The number of aliphatic hydroxyl groups is 1. The summed E-state index contributed by atoms with van der Waals surface area (Å²) in [5, 5.41) is 13.7. The molecule has 0 aromatic rings. The molecule has 9 heteroatoms. The van der Waals surface area contributed by atoms with E-state index in [1.807, 2.05) is 0 Å². The molecule has 3 atom stereocenters. The Bertz CT molecular complexity index is 734. The Morgan fingerprint density at radius 2 is 1.33 bits per heavy atom. The van der Waals surface area contributed by atoms with Gasteiger partial charge in [0.15, 0.2) is 0 Å². The number of aliphatic hydroxyl groups excluding tert-OH is 1. The van der Waals surface area contributed by atoms with E-state index in [0.29, 0.717) is 12.8 Å². The lowest BCUT2D eigenvalue weighted by Crippen LogP contribution is -2.46. The monoisotopic (exact) mass is 630 g/mol. The summed E-state index contributed by atoms with van der Waals surface area (Å²) in [6.45, 7) is 4.10. The summed E-state index contributed by atoms with van der Waals surface area (Å²) in [5.41, 5.74) is 5.34. The fraction of sp³-hybridized carbons (Fsp3) is 0.853. The predicted octanol–water partition coefficient (Wildman–Crippen LogP) is 8.66. The van der Waals surface area contributed by atoms with Gasteiger partial charge < -0.3 is 21.1 Å². The van der Waals surface area contributed by atoms with Gasteiger partial charge in [0, 0.05) is 13.0 Å². The van der Waals surface area contributed by atoms with E-state index < -0.39 is 20.0 Å². The highest BCUT2D eigenvalue weighted by Crippen LogP contribution is 2.43. The molecule has 8 nitrogen and oxygen atoms in total. The Balaban J connectivity index is 4.33. The zero-order valence-corrected chi connectivity index (χ0v) is 28.6. The van der Waals surface area contributed by atoms with Crippen LogP contribution in [0.1, 0.15) is 155 Å². The van der Waals surface area contributed by atoms with Crippen LogP contribution in [0.5, 0.6) is 0 Å². The molecule has 0 bridgehead atoms. The second-order valence-electron chi connectivity index (χ2n) is 11.7. The summed E-state index contributed by atoms with van der Waals surface area (Å²) in [6, 6.07) is -0.777. The minimum atomic E-state index is -4.30. The maximum atomic E-state index is 12.6. The summed E-state index contributed by atoms with van der Waals surface area (Å²) in [4.78, 5) is 22.5. The molecule has 0 fully saturated rings. The van der Waals surface area contributed by atoms with Crippen molar-refractivity contribution in [3.63, 3.8) is 0 Å². The van der Waals surface area contributed by atoms with Gasteiger partial charge in [-0.2, -0.15) is 0 Å². The number of nitrogens with two attached hydrogens (primary N) is 1. The lowest BCUT2D eigenvalue weighted by molar-refractivity contribution is -0.123. The topological polar surface area (TPSA) is 131 Å². The van der Waals surface area contributed by atoms with Gasteiger partial charge in [0.05, 0.1) is 25.4 Å². The van der Waals surface area contributed by atoms with Crippen molar-refractivity contribution in [1.82, 2.24) is 5.32 Å². The first kappa shape index (κ1) is 42.0. The summed E-state index contributed by atoms with van der Waals surface area (Å²) in [7, 11) is -4.30. The predicted molar refractivity (Wildman–Crippen MR) is 180 cm³/mol. The molecule has 0 radical (unpaired) electrons. The number of phosphoric ester groups is 1. The minimum absolute atomic E-state index is 0.0863. The van der Waals surface area contributed by atoms with Crippen molar-refractivity contribution in [2.24, 2.45) is 5.73 Å². The molecule has 0 aromatic heterocycles. The third kappa shape index (κ3) is 29.5. The Morgan fingerprint density at radius 3 is 1.93 bits per heavy atom. The van der Waals surface area contributed by atoms with Gasteiger partial charge in [-0.3, -0.25) is 13.8 Å². The van der Waals surface area contributed by atoms with Crippen LogP contribution in [0.15, 0.2) is 24.3 Å². The smallest absolute Gasteiger partial charge is 0.391 e. The van der Waals surface area contributed by atoms with Crippen molar-refractivity contribution in [3.05, 3.63) is 24.3 Å². The van der Waals surface area contributed by atoms with Gasteiger partial charge in [-0.1, -0.05) is 134 Å². The van der Waals surface area contributed by atoms with Gasteiger partial charge in [0.2, 0.25) is 5.91 Å². The minimum Gasteiger partial charge on any atom is -0.391 e. The summed E-state index contributed by atoms with van der Waals surface area (Å²) < 4.78 is 22.0. The molecule has 0 saturated heterocycles. The molecular weight excluding hydrogens is 563 g/mol. The third-order valence-electron chi connectivity index (χ3n) is 7.54. The number of carbonyl (C=O) groups is 1. The van der Waals surface area contributed by atoms with Crippen LogP contribution in [-0.4, -0.2) is 47.8 Å². The Hall–Kier alpha value is -1.02. The van der Waals surface area contributed by atoms with Gasteiger partial charge >= 0.3 is 7.82 Å². The van der Waals surface area contributed by atoms with Gasteiger partial charge in [-0.25, -0.2) is 4.57 Å². The number of unbranched alkanes of at least 4 members (excludes halogenated alkanes) is 16. The maximum Gasteiger partial charge on any atom is 0.472 e. The van der Waals surface area contributed by atoms with E-state index >= 15 is 0 Å². The molecule has 0 aliphatic rings. The quantitative estimate of drug-likeness (QED) is 0.0332. The highest BCUT2D eigenvalue weighted by atomic mass is 31.2. The van der Waals surface area contributed by atoms with Crippen LogP contribution in [0.2, 0.25) is 0 Å². The zero-order valence-electron chi connectivity index (χ0n) is 27.7. The molecule has 43 heavy (non-hydrogen) atoms. The van der Waals surface area contributed by atoms with Crippen molar-refractivity contribution in [3.8, 4) is 0 Å². The standard InChI is InChI=1S/C34H67N2O6P/c1-3-5-7-9-11-13-15-16-18-20-22-24-26-28-34(38)36-32(31-42-43(39,40)41-30-29-35)33(37)27-25-23-21-19-17-14-12-10-8-6-4-2/h7,9,13,15,32-33,37H,3-6,8,10-12,14,16-31,35H2,1-2H3,(H,36,38)(H,39,40)/b9-7-,15-13-. The highest BCUT2D eigenvalue weighted by Gasteiger charge is 2.27. The Kier molecular flexibility index (Phi) is 30.2. The molecule has 0 rings (SSSR count). The maximum absolute atomic E-state index is 12.6. The van der Waals surface area contributed by atoms with Crippen LogP contribution in [0.4, 0.5) is 0 Å². The average Bonchev–Trinajstić information content (AvgIpc) is 2.99. The van der Waals surface area contributed by atoms with E-state index in [1.54, 1.807) is 0 Å². The lowest BCUT2D eigenvalue weighted by atomic mass is 10.0. The van der Waals surface area contributed by atoms with Gasteiger partial charge in [-0.05, 0) is 38.5 Å². The number of allylic oxidation sites excluding steroid dienone is 4. The summed E-state index contributed by atoms with van der Waals surface area (Å²) in [6.07, 6.45) is 31.8. The second kappa shape index (κ2) is 31.0. The van der Waals surface area contributed by atoms with Crippen molar-refractivity contribution in [1.29, 1.82) is 0 Å².